The van der Waals surface area contributed by atoms with E-state index in [-0.39, 0.29) is 5.56 Å². The van der Waals surface area contributed by atoms with Gasteiger partial charge in [0.2, 0.25) is 0 Å². The Morgan fingerprint density at radius 3 is 2.61 bits per heavy atom. The molecule has 5 aromatic rings. The van der Waals surface area contributed by atoms with Crippen molar-refractivity contribution < 1.29 is 9.15 Å². The molecule has 0 aliphatic heterocycles. The predicted molar refractivity (Wildman–Crippen MR) is 123 cm³/mol. The fraction of sp³-hybridized carbons (Fsp3) is 0.0800. The number of hydrogen-bond acceptors (Lipinski definition) is 5. The smallest absolute Gasteiger partial charge is 0.347 e. The Balaban J connectivity index is 1.78. The molecule has 6 heteroatoms. The topological polar surface area (TPSA) is 65.2 Å². The molecule has 0 bridgehead atoms. The van der Waals surface area contributed by atoms with E-state index in [0.717, 1.165) is 16.3 Å². The number of aromatic nitrogens is 2. The molecular weight excluding hydrogens is 412 g/mol. The fourth-order valence-electron chi connectivity index (χ4n) is 3.58. The van der Waals surface area contributed by atoms with E-state index in [1.807, 2.05) is 61.5 Å². The third-order valence-corrected chi connectivity index (χ3v) is 5.20. The molecule has 0 saturated carbocycles. The van der Waals surface area contributed by atoms with Gasteiger partial charge < -0.3 is 9.15 Å². The molecule has 3 aromatic carbocycles. The van der Waals surface area contributed by atoms with Gasteiger partial charge in [-0.05, 0) is 37.3 Å². The first-order valence-electron chi connectivity index (χ1n) is 9.87. The summed E-state index contributed by atoms with van der Waals surface area (Å²) < 4.78 is 11.2. The zero-order valence-electron chi connectivity index (χ0n) is 16.6. The van der Waals surface area contributed by atoms with Gasteiger partial charge in [-0.15, -0.1) is 0 Å². The Bertz CT molecular complexity index is 1480. The van der Waals surface area contributed by atoms with Crippen molar-refractivity contribution in [2.45, 2.75) is 6.92 Å². The molecule has 5 nitrogen and oxygen atoms in total. The lowest BCUT2D eigenvalue weighted by atomic mass is 10.1. The van der Waals surface area contributed by atoms with Crippen molar-refractivity contribution in [3.63, 3.8) is 0 Å². The van der Waals surface area contributed by atoms with Crippen LogP contribution in [-0.4, -0.2) is 16.6 Å². The summed E-state index contributed by atoms with van der Waals surface area (Å²) in [6, 6.07) is 22.4. The molecule has 0 atom stereocenters. The maximum absolute atomic E-state index is 12.9. The first-order valence-corrected chi connectivity index (χ1v) is 10.2. The average molecular weight is 429 g/mol. The van der Waals surface area contributed by atoms with Crippen molar-refractivity contribution in [2.75, 3.05) is 6.61 Å². The first-order chi connectivity index (χ1) is 15.1. The number of rotatable bonds is 4. The van der Waals surface area contributed by atoms with E-state index in [9.17, 15) is 4.79 Å². The van der Waals surface area contributed by atoms with Crippen molar-refractivity contribution >= 4 is 33.5 Å². The van der Waals surface area contributed by atoms with Crippen LogP contribution in [-0.2, 0) is 0 Å². The monoisotopic (exact) mass is 428 g/mol. The van der Waals surface area contributed by atoms with E-state index in [4.69, 9.17) is 25.7 Å². The van der Waals surface area contributed by atoms with E-state index >= 15 is 0 Å². The van der Waals surface area contributed by atoms with E-state index in [1.54, 1.807) is 18.2 Å². The van der Waals surface area contributed by atoms with Gasteiger partial charge in [-0.3, -0.25) is 0 Å². The second-order valence-corrected chi connectivity index (χ2v) is 7.41. The molecule has 2 aromatic heterocycles. The molecule has 0 spiro atoms. The maximum Gasteiger partial charge on any atom is 0.347 e. The number of benzene rings is 3. The molecule has 0 fully saturated rings. The normalized spacial score (nSPS) is 11.2. The summed E-state index contributed by atoms with van der Waals surface area (Å²) in [5.74, 6) is 0.828. The highest BCUT2D eigenvalue weighted by atomic mass is 35.5. The number of nitrogens with zero attached hydrogens (tertiary/aromatic N) is 2. The summed E-state index contributed by atoms with van der Waals surface area (Å²) in [4.78, 5) is 22.3. The second kappa shape index (κ2) is 7.85. The number of fused-ring (bicyclic) bond motifs is 2. The second-order valence-electron chi connectivity index (χ2n) is 6.98. The summed E-state index contributed by atoms with van der Waals surface area (Å²) in [5, 5.41) is 2.14. The maximum atomic E-state index is 12.9. The fourth-order valence-corrected chi connectivity index (χ4v) is 3.75. The van der Waals surface area contributed by atoms with E-state index in [1.165, 1.54) is 0 Å². The van der Waals surface area contributed by atoms with E-state index < -0.39 is 5.63 Å². The summed E-state index contributed by atoms with van der Waals surface area (Å²) in [7, 11) is 0. The molecule has 0 aliphatic rings. The summed E-state index contributed by atoms with van der Waals surface area (Å²) in [6.07, 6.45) is 0. The minimum absolute atomic E-state index is 0.287. The molecule has 0 saturated heterocycles. The van der Waals surface area contributed by atoms with Gasteiger partial charge in [-0.25, -0.2) is 14.8 Å². The van der Waals surface area contributed by atoms with E-state index in [2.05, 4.69) is 4.98 Å². The van der Waals surface area contributed by atoms with Crippen LogP contribution in [0, 0.1) is 0 Å². The molecule has 5 rings (SSSR count). The Morgan fingerprint density at radius 1 is 0.968 bits per heavy atom. The first kappa shape index (κ1) is 19.3. The van der Waals surface area contributed by atoms with Crippen LogP contribution in [0.3, 0.4) is 0 Å². The SMILES string of the molecule is CCOc1cccc2cc(-c3nc(-c4ccccc4)c4cc(Cl)ccc4n3)c(=O)oc12. The Hall–Kier alpha value is -3.70. The number of halogens is 1. The minimum Gasteiger partial charge on any atom is -0.490 e. The van der Waals surface area contributed by atoms with Crippen LogP contribution in [0.2, 0.25) is 5.02 Å². The van der Waals surface area contributed by atoms with Crippen LogP contribution in [0.25, 0.3) is 44.5 Å². The highest BCUT2D eigenvalue weighted by Crippen LogP contribution is 2.32. The molecule has 0 aliphatic carbocycles. The van der Waals surface area contributed by atoms with Gasteiger partial charge >= 0.3 is 5.63 Å². The summed E-state index contributed by atoms with van der Waals surface area (Å²) in [5.41, 5.74) is 2.47. The lowest BCUT2D eigenvalue weighted by Gasteiger charge is -2.10. The predicted octanol–water partition coefficient (Wildman–Crippen LogP) is 6.12. The lowest BCUT2D eigenvalue weighted by Crippen LogP contribution is -2.07. The van der Waals surface area contributed by atoms with Gasteiger partial charge in [0.15, 0.2) is 17.2 Å². The highest BCUT2D eigenvalue weighted by Gasteiger charge is 2.17. The molecule has 2 heterocycles. The highest BCUT2D eigenvalue weighted by molar-refractivity contribution is 6.31. The van der Waals surface area contributed by atoms with E-state index in [0.29, 0.717) is 40.0 Å². The Kier molecular flexibility index (Phi) is 4.88. The van der Waals surface area contributed by atoms with Gasteiger partial charge in [-0.1, -0.05) is 54.1 Å². The minimum atomic E-state index is -0.521. The van der Waals surface area contributed by atoms with Crippen LogP contribution in [0.15, 0.2) is 82.0 Å². The Morgan fingerprint density at radius 2 is 1.81 bits per heavy atom. The van der Waals surface area contributed by atoms with Crippen LogP contribution < -0.4 is 10.4 Å². The van der Waals surface area contributed by atoms with Crippen LogP contribution >= 0.6 is 11.6 Å². The van der Waals surface area contributed by atoms with Crippen LogP contribution in [0.5, 0.6) is 5.75 Å². The molecule has 31 heavy (non-hydrogen) atoms. The van der Waals surface area contributed by atoms with Crippen LogP contribution in [0.4, 0.5) is 0 Å². The number of ether oxygens (including phenoxy) is 1. The third kappa shape index (κ3) is 3.53. The zero-order valence-corrected chi connectivity index (χ0v) is 17.4. The molecular formula is C25H17ClN2O3. The lowest BCUT2D eigenvalue weighted by molar-refractivity contribution is 0.337. The van der Waals surface area contributed by atoms with Crippen LogP contribution in [0.1, 0.15) is 6.92 Å². The van der Waals surface area contributed by atoms with Crippen molar-refractivity contribution in [2.24, 2.45) is 0 Å². The standard InChI is InChI=1S/C25H17ClN2O3/c1-2-30-21-10-6-9-16-13-19(25(29)31-23(16)21)24-27-20-12-11-17(26)14-18(20)22(28-24)15-7-4-3-5-8-15/h3-14H,2H2,1H3. The van der Waals surface area contributed by atoms with Crippen molar-refractivity contribution in [1.82, 2.24) is 9.97 Å². The van der Waals surface area contributed by atoms with Gasteiger partial charge in [0.1, 0.15) is 5.56 Å². The van der Waals surface area contributed by atoms with Crippen molar-refractivity contribution in [3.05, 3.63) is 88.2 Å². The molecule has 0 N–H and O–H groups in total. The number of hydrogen-bond donors (Lipinski definition) is 0. The van der Waals surface area contributed by atoms with Gasteiger partial charge in [0, 0.05) is 21.4 Å². The summed E-state index contributed by atoms with van der Waals surface area (Å²) >= 11 is 6.23. The molecule has 152 valence electrons. The van der Waals surface area contributed by atoms with Gasteiger partial charge in [-0.2, -0.15) is 0 Å². The van der Waals surface area contributed by atoms with Crippen molar-refractivity contribution in [1.29, 1.82) is 0 Å². The Labute approximate surface area is 182 Å². The largest absolute Gasteiger partial charge is 0.490 e. The third-order valence-electron chi connectivity index (χ3n) is 4.97. The average Bonchev–Trinajstić information content (AvgIpc) is 2.79. The van der Waals surface area contributed by atoms with Crippen molar-refractivity contribution in [3.8, 4) is 28.4 Å². The summed E-state index contributed by atoms with van der Waals surface area (Å²) in [6.45, 7) is 2.35. The number of para-hydroxylation sites is 1. The quantitative estimate of drug-likeness (QED) is 0.322. The molecule has 0 unspecified atom stereocenters. The molecule has 0 radical (unpaired) electrons. The zero-order chi connectivity index (χ0) is 21.4. The molecule has 0 amide bonds. The van der Waals surface area contributed by atoms with Gasteiger partial charge in [0.25, 0.3) is 0 Å². The van der Waals surface area contributed by atoms with Gasteiger partial charge in [0.05, 0.1) is 17.8 Å².